The third-order valence-electron chi connectivity index (χ3n) is 3.86. The minimum atomic E-state index is -0.604. The second kappa shape index (κ2) is 5.37. The van der Waals surface area contributed by atoms with Crippen LogP contribution in [0.2, 0.25) is 0 Å². The van der Waals surface area contributed by atoms with Crippen LogP contribution in [-0.2, 0) is 0 Å². The molecule has 2 heterocycles. The highest BCUT2D eigenvalue weighted by atomic mass is 16.3. The first-order valence-electron chi connectivity index (χ1n) is 7.02. The number of aromatic amines is 1. The molecule has 0 aromatic carbocycles. The molecule has 0 spiro atoms. The van der Waals surface area contributed by atoms with E-state index in [-0.39, 0.29) is 5.91 Å². The minimum Gasteiger partial charge on any atom is -0.390 e. The van der Waals surface area contributed by atoms with Gasteiger partial charge in [0.25, 0.3) is 5.91 Å². The maximum atomic E-state index is 12.3. The lowest BCUT2D eigenvalue weighted by Gasteiger charge is -2.34. The summed E-state index contributed by atoms with van der Waals surface area (Å²) < 4.78 is 0. The van der Waals surface area contributed by atoms with E-state index in [2.05, 4.69) is 4.98 Å². The van der Waals surface area contributed by atoms with E-state index in [9.17, 15) is 9.90 Å². The molecule has 1 saturated heterocycles. The number of amides is 1. The van der Waals surface area contributed by atoms with Crippen LogP contribution >= 0.6 is 0 Å². The average Bonchev–Trinajstić information content (AvgIpc) is 2.73. The van der Waals surface area contributed by atoms with Gasteiger partial charge in [0, 0.05) is 19.3 Å². The fourth-order valence-corrected chi connectivity index (χ4v) is 2.88. The highest BCUT2D eigenvalue weighted by molar-refractivity contribution is 5.93. The largest absolute Gasteiger partial charge is 0.390 e. The fraction of sp³-hybridized carbons (Fsp3) is 0.667. The first kappa shape index (κ1) is 14.1. The maximum Gasteiger partial charge on any atom is 0.270 e. The number of nitrogens with one attached hydrogen (secondary N) is 1. The molecule has 19 heavy (non-hydrogen) atoms. The molecule has 4 nitrogen and oxygen atoms in total. The number of aromatic nitrogens is 1. The number of carbonyl (C=O) groups is 1. The van der Waals surface area contributed by atoms with Crippen molar-refractivity contribution in [2.24, 2.45) is 5.92 Å². The molecule has 0 bridgehead atoms. The Kier molecular flexibility index (Phi) is 3.99. The fourth-order valence-electron chi connectivity index (χ4n) is 2.88. The highest BCUT2D eigenvalue weighted by Crippen LogP contribution is 2.26. The smallest absolute Gasteiger partial charge is 0.270 e. The van der Waals surface area contributed by atoms with Crippen LogP contribution in [0.25, 0.3) is 0 Å². The molecule has 0 atom stereocenters. The van der Waals surface area contributed by atoms with E-state index in [0.717, 1.165) is 37.9 Å². The van der Waals surface area contributed by atoms with Gasteiger partial charge in [0.05, 0.1) is 5.60 Å². The summed E-state index contributed by atoms with van der Waals surface area (Å²) in [6.45, 7) is 7.24. The van der Waals surface area contributed by atoms with Crippen molar-refractivity contribution in [1.82, 2.24) is 9.88 Å². The predicted octanol–water partition coefficient (Wildman–Crippen LogP) is 2.34. The quantitative estimate of drug-likeness (QED) is 0.880. The summed E-state index contributed by atoms with van der Waals surface area (Å²) in [5.41, 5.74) is 1.11. The standard InChI is InChI=1S/C15H24N2O2/c1-11-4-7-16-13(11)14(18)17-8-5-12(6-9-17)10-15(2,3)19/h4,7,12,16,19H,5-6,8-10H2,1-3H3. The lowest BCUT2D eigenvalue weighted by atomic mass is 9.86. The van der Waals surface area contributed by atoms with Crippen molar-refractivity contribution in [3.63, 3.8) is 0 Å². The van der Waals surface area contributed by atoms with E-state index in [1.165, 1.54) is 0 Å². The molecule has 2 rings (SSSR count). The summed E-state index contributed by atoms with van der Waals surface area (Å²) in [4.78, 5) is 17.3. The number of piperidine rings is 1. The van der Waals surface area contributed by atoms with E-state index in [4.69, 9.17) is 0 Å². The zero-order chi connectivity index (χ0) is 14.0. The Balaban J connectivity index is 1.90. The predicted molar refractivity (Wildman–Crippen MR) is 75.1 cm³/mol. The van der Waals surface area contributed by atoms with Crippen LogP contribution < -0.4 is 0 Å². The van der Waals surface area contributed by atoms with Gasteiger partial charge in [0.2, 0.25) is 0 Å². The van der Waals surface area contributed by atoms with Crippen LogP contribution in [0, 0.1) is 12.8 Å². The Morgan fingerprint density at radius 2 is 2.11 bits per heavy atom. The van der Waals surface area contributed by atoms with Gasteiger partial charge in [-0.15, -0.1) is 0 Å². The Morgan fingerprint density at radius 3 is 2.58 bits per heavy atom. The van der Waals surface area contributed by atoms with Gasteiger partial charge < -0.3 is 15.0 Å². The molecule has 1 aliphatic rings. The van der Waals surface area contributed by atoms with E-state index < -0.39 is 5.60 Å². The van der Waals surface area contributed by atoms with Crippen molar-refractivity contribution >= 4 is 5.91 Å². The Hall–Kier alpha value is -1.29. The number of carbonyl (C=O) groups excluding carboxylic acids is 1. The van der Waals surface area contributed by atoms with Crippen LogP contribution in [0.15, 0.2) is 12.3 Å². The first-order valence-corrected chi connectivity index (χ1v) is 7.02. The number of nitrogens with zero attached hydrogens (tertiary/aromatic N) is 1. The lowest BCUT2D eigenvalue weighted by Crippen LogP contribution is -2.40. The van der Waals surface area contributed by atoms with E-state index in [0.29, 0.717) is 11.6 Å². The zero-order valence-corrected chi connectivity index (χ0v) is 12.1. The summed E-state index contributed by atoms with van der Waals surface area (Å²) in [6, 6.07) is 1.92. The van der Waals surface area contributed by atoms with Gasteiger partial charge in [0.15, 0.2) is 0 Å². The molecule has 1 aromatic rings. The zero-order valence-electron chi connectivity index (χ0n) is 12.1. The highest BCUT2D eigenvalue weighted by Gasteiger charge is 2.28. The van der Waals surface area contributed by atoms with Crippen molar-refractivity contribution in [3.05, 3.63) is 23.5 Å². The Labute approximate surface area is 114 Å². The number of aryl methyl sites for hydroxylation is 1. The van der Waals surface area contributed by atoms with Crippen molar-refractivity contribution < 1.29 is 9.90 Å². The number of rotatable bonds is 3. The molecule has 1 fully saturated rings. The van der Waals surface area contributed by atoms with Gasteiger partial charge in [-0.1, -0.05) is 0 Å². The molecule has 1 aliphatic heterocycles. The van der Waals surface area contributed by atoms with Gasteiger partial charge in [0.1, 0.15) is 5.69 Å². The van der Waals surface area contributed by atoms with E-state index >= 15 is 0 Å². The molecular weight excluding hydrogens is 240 g/mol. The van der Waals surface area contributed by atoms with Gasteiger partial charge in [-0.3, -0.25) is 4.79 Å². The van der Waals surface area contributed by atoms with Crippen molar-refractivity contribution in [1.29, 1.82) is 0 Å². The van der Waals surface area contributed by atoms with E-state index in [1.54, 1.807) is 0 Å². The number of hydrogen-bond donors (Lipinski definition) is 2. The normalized spacial score (nSPS) is 17.8. The molecule has 106 valence electrons. The minimum absolute atomic E-state index is 0.101. The Bertz CT molecular complexity index is 437. The van der Waals surface area contributed by atoms with Crippen LogP contribution in [0.4, 0.5) is 0 Å². The Morgan fingerprint density at radius 1 is 1.47 bits per heavy atom. The summed E-state index contributed by atoms with van der Waals surface area (Å²) >= 11 is 0. The topological polar surface area (TPSA) is 56.3 Å². The molecule has 1 aromatic heterocycles. The molecule has 0 saturated carbocycles. The van der Waals surface area contributed by atoms with Crippen molar-refractivity contribution in [3.8, 4) is 0 Å². The SMILES string of the molecule is Cc1cc[nH]c1C(=O)N1CCC(CC(C)(C)O)CC1. The average molecular weight is 264 g/mol. The van der Waals surface area contributed by atoms with Crippen LogP contribution in [-0.4, -0.2) is 39.6 Å². The van der Waals surface area contributed by atoms with Gasteiger partial charge in [-0.05, 0) is 57.6 Å². The van der Waals surface area contributed by atoms with Crippen LogP contribution in [0.5, 0.6) is 0 Å². The molecule has 4 heteroatoms. The molecule has 1 amide bonds. The monoisotopic (exact) mass is 264 g/mol. The first-order chi connectivity index (χ1) is 8.87. The van der Waals surface area contributed by atoms with Gasteiger partial charge in [-0.25, -0.2) is 0 Å². The summed E-state index contributed by atoms with van der Waals surface area (Å²) in [6.07, 6.45) is 4.59. The van der Waals surface area contributed by atoms with Crippen LogP contribution in [0.1, 0.15) is 49.2 Å². The third kappa shape index (κ3) is 3.60. The molecule has 2 N–H and O–H groups in total. The number of aliphatic hydroxyl groups is 1. The molecule has 0 aliphatic carbocycles. The second-order valence-electron chi connectivity index (χ2n) is 6.29. The van der Waals surface area contributed by atoms with Crippen molar-refractivity contribution in [2.75, 3.05) is 13.1 Å². The summed E-state index contributed by atoms with van der Waals surface area (Å²) in [5.74, 6) is 0.623. The lowest BCUT2D eigenvalue weighted by molar-refractivity contribution is 0.0357. The van der Waals surface area contributed by atoms with Gasteiger partial charge >= 0.3 is 0 Å². The second-order valence-corrected chi connectivity index (χ2v) is 6.29. The number of likely N-dealkylation sites (tertiary alicyclic amines) is 1. The number of H-pyrrole nitrogens is 1. The summed E-state index contributed by atoms with van der Waals surface area (Å²) in [7, 11) is 0. The van der Waals surface area contributed by atoms with E-state index in [1.807, 2.05) is 37.9 Å². The molecule has 0 unspecified atom stereocenters. The third-order valence-corrected chi connectivity index (χ3v) is 3.86. The maximum absolute atomic E-state index is 12.3. The van der Waals surface area contributed by atoms with Crippen LogP contribution in [0.3, 0.4) is 0 Å². The van der Waals surface area contributed by atoms with Gasteiger partial charge in [-0.2, -0.15) is 0 Å². The molecule has 0 radical (unpaired) electrons. The number of hydrogen-bond acceptors (Lipinski definition) is 2. The summed E-state index contributed by atoms with van der Waals surface area (Å²) in [5, 5.41) is 9.85. The van der Waals surface area contributed by atoms with Crippen molar-refractivity contribution in [2.45, 2.75) is 45.6 Å². The molecular formula is C15H24N2O2.